The van der Waals surface area contributed by atoms with Crippen molar-refractivity contribution in [1.29, 1.82) is 0 Å². The molecule has 0 saturated heterocycles. The van der Waals surface area contributed by atoms with Gasteiger partial charge in [0.2, 0.25) is 0 Å². The first-order chi connectivity index (χ1) is 5.04. The second-order valence-corrected chi connectivity index (χ2v) is 2.10. The summed E-state index contributed by atoms with van der Waals surface area (Å²) in [4.78, 5) is 10.2. The molecule has 0 bridgehead atoms. The average molecular weight is 153 g/mol. The summed E-state index contributed by atoms with van der Waals surface area (Å²) in [6.07, 6.45) is 4.54. The predicted molar refractivity (Wildman–Crippen MR) is 43.9 cm³/mol. The zero-order valence-corrected chi connectivity index (χ0v) is 6.37. The average Bonchev–Trinajstić information content (AvgIpc) is 1.86. The van der Waals surface area contributed by atoms with Crippen LogP contribution in [0.4, 0.5) is 0 Å². The molecule has 0 aliphatic carbocycles. The van der Waals surface area contributed by atoms with Gasteiger partial charge in [-0.05, 0) is 19.1 Å². The highest BCUT2D eigenvalue weighted by molar-refractivity contribution is 5.88. The molecule has 0 saturated carbocycles. The van der Waals surface area contributed by atoms with E-state index in [1.807, 2.05) is 0 Å². The number of allylic oxidation sites excluding steroid dienone is 3. The molecule has 3 heteroatoms. The van der Waals surface area contributed by atoms with E-state index in [4.69, 9.17) is 10.8 Å². The van der Waals surface area contributed by atoms with Gasteiger partial charge < -0.3 is 10.8 Å². The zero-order chi connectivity index (χ0) is 8.85. The number of rotatable bonds is 3. The molecule has 0 atom stereocenters. The maximum Gasteiger partial charge on any atom is 0.335 e. The molecule has 0 aliphatic heterocycles. The van der Waals surface area contributed by atoms with Crippen molar-refractivity contribution in [2.24, 2.45) is 5.73 Å². The van der Waals surface area contributed by atoms with Gasteiger partial charge in [0.05, 0.1) is 5.57 Å². The monoisotopic (exact) mass is 153 g/mol. The van der Waals surface area contributed by atoms with E-state index in [0.717, 1.165) is 0 Å². The molecule has 0 spiro atoms. The third kappa shape index (κ3) is 4.96. The van der Waals surface area contributed by atoms with Crippen LogP contribution in [0.3, 0.4) is 0 Å². The molecule has 0 amide bonds. The van der Waals surface area contributed by atoms with Crippen molar-refractivity contribution >= 4 is 5.97 Å². The van der Waals surface area contributed by atoms with Crippen molar-refractivity contribution in [3.8, 4) is 0 Å². The molecule has 0 rings (SSSR count). The molecule has 11 heavy (non-hydrogen) atoms. The van der Waals surface area contributed by atoms with Gasteiger partial charge in [0.15, 0.2) is 0 Å². The number of aliphatic carboxylic acids is 1. The fourth-order valence-electron chi connectivity index (χ4n) is 0.387. The van der Waals surface area contributed by atoms with Crippen molar-refractivity contribution in [3.05, 3.63) is 36.1 Å². The lowest BCUT2D eigenvalue weighted by Gasteiger charge is -1.87. The van der Waals surface area contributed by atoms with E-state index in [0.29, 0.717) is 5.70 Å². The van der Waals surface area contributed by atoms with Gasteiger partial charge in [0.25, 0.3) is 0 Å². The second-order valence-electron chi connectivity index (χ2n) is 2.10. The summed E-state index contributed by atoms with van der Waals surface area (Å²) in [6.45, 7) is 5.01. The summed E-state index contributed by atoms with van der Waals surface area (Å²) in [7, 11) is 0. The van der Waals surface area contributed by atoms with E-state index in [1.165, 1.54) is 6.08 Å². The summed E-state index contributed by atoms with van der Waals surface area (Å²) in [6, 6.07) is 0. The zero-order valence-electron chi connectivity index (χ0n) is 6.37. The number of nitrogens with two attached hydrogens (primary N) is 1. The van der Waals surface area contributed by atoms with Crippen molar-refractivity contribution < 1.29 is 9.90 Å². The Morgan fingerprint density at radius 3 is 2.55 bits per heavy atom. The van der Waals surface area contributed by atoms with Crippen molar-refractivity contribution in [3.63, 3.8) is 0 Å². The molecular formula is C8H11NO2. The fraction of sp³-hybridized carbons (Fsp3) is 0.125. The third-order valence-electron chi connectivity index (χ3n) is 0.931. The molecule has 0 heterocycles. The van der Waals surface area contributed by atoms with Crippen molar-refractivity contribution in [2.75, 3.05) is 0 Å². The lowest BCUT2D eigenvalue weighted by atomic mass is 10.3. The summed E-state index contributed by atoms with van der Waals surface area (Å²) in [5, 5.41) is 8.34. The summed E-state index contributed by atoms with van der Waals surface area (Å²) < 4.78 is 0. The van der Waals surface area contributed by atoms with Crippen LogP contribution in [0.5, 0.6) is 0 Å². The van der Waals surface area contributed by atoms with Crippen molar-refractivity contribution in [2.45, 2.75) is 6.92 Å². The summed E-state index contributed by atoms with van der Waals surface area (Å²) in [5.41, 5.74) is 5.96. The quantitative estimate of drug-likeness (QED) is 0.470. The molecule has 0 radical (unpaired) electrons. The molecule has 3 N–H and O–H groups in total. The molecule has 0 unspecified atom stereocenters. The van der Waals surface area contributed by atoms with Crippen LogP contribution >= 0.6 is 0 Å². The lowest BCUT2D eigenvalue weighted by Crippen LogP contribution is -1.94. The number of carboxylic acids is 1. The van der Waals surface area contributed by atoms with Crippen LogP contribution in [0.25, 0.3) is 0 Å². The third-order valence-corrected chi connectivity index (χ3v) is 0.931. The van der Waals surface area contributed by atoms with E-state index < -0.39 is 5.97 Å². The number of carbonyl (C=O) groups is 1. The fourth-order valence-corrected chi connectivity index (χ4v) is 0.387. The van der Waals surface area contributed by atoms with E-state index in [2.05, 4.69) is 6.58 Å². The maximum absolute atomic E-state index is 10.2. The Kier molecular flexibility index (Phi) is 3.73. The van der Waals surface area contributed by atoms with E-state index in [-0.39, 0.29) is 5.57 Å². The second kappa shape index (κ2) is 4.33. The highest BCUT2D eigenvalue weighted by atomic mass is 16.4. The minimum atomic E-state index is -1.02. The van der Waals surface area contributed by atoms with E-state index in [9.17, 15) is 4.79 Å². The molecule has 0 aliphatic rings. The van der Waals surface area contributed by atoms with Crippen LogP contribution < -0.4 is 5.73 Å². The number of hydrogen-bond donors (Lipinski definition) is 2. The minimum absolute atomic E-state index is 0.0440. The molecule has 0 fully saturated rings. The highest BCUT2D eigenvalue weighted by Gasteiger charge is 1.95. The van der Waals surface area contributed by atoms with Crippen molar-refractivity contribution in [1.82, 2.24) is 0 Å². The molecular weight excluding hydrogens is 142 g/mol. The van der Waals surface area contributed by atoms with Gasteiger partial charge in [0, 0.05) is 5.70 Å². The maximum atomic E-state index is 10.2. The van der Waals surface area contributed by atoms with Crippen LogP contribution in [-0.2, 0) is 4.79 Å². The van der Waals surface area contributed by atoms with Gasteiger partial charge >= 0.3 is 5.97 Å². The lowest BCUT2D eigenvalue weighted by molar-refractivity contribution is -0.132. The molecule has 0 aromatic rings. The smallest absolute Gasteiger partial charge is 0.335 e. The normalized spacial score (nSPS) is 11.9. The highest BCUT2D eigenvalue weighted by Crippen LogP contribution is 1.93. The summed E-state index contributed by atoms with van der Waals surface area (Å²) >= 11 is 0. The van der Waals surface area contributed by atoms with Gasteiger partial charge in [-0.3, -0.25) is 0 Å². The van der Waals surface area contributed by atoms with Gasteiger partial charge in [-0.2, -0.15) is 0 Å². The first kappa shape index (κ1) is 9.49. The van der Waals surface area contributed by atoms with Crippen LogP contribution in [-0.4, -0.2) is 11.1 Å². The van der Waals surface area contributed by atoms with Gasteiger partial charge in [-0.25, -0.2) is 4.79 Å². The van der Waals surface area contributed by atoms with Gasteiger partial charge in [0.1, 0.15) is 0 Å². The van der Waals surface area contributed by atoms with E-state index >= 15 is 0 Å². The van der Waals surface area contributed by atoms with Crippen LogP contribution in [0.2, 0.25) is 0 Å². The molecule has 60 valence electrons. The molecule has 0 aromatic heterocycles. The Labute approximate surface area is 65.5 Å². The predicted octanol–water partition coefficient (Wildman–Crippen LogP) is 1.05. The Balaban J connectivity index is 4.05. The Hall–Kier alpha value is -1.51. The van der Waals surface area contributed by atoms with Crippen LogP contribution in [0.1, 0.15) is 6.92 Å². The topological polar surface area (TPSA) is 63.3 Å². The SMILES string of the molecule is C=C(/C=C\C=C(\C)N)C(=O)O. The Morgan fingerprint density at radius 2 is 2.18 bits per heavy atom. The Morgan fingerprint density at radius 1 is 1.64 bits per heavy atom. The van der Waals surface area contributed by atoms with Gasteiger partial charge in [-0.15, -0.1) is 0 Å². The van der Waals surface area contributed by atoms with E-state index in [1.54, 1.807) is 19.1 Å². The van der Waals surface area contributed by atoms with Gasteiger partial charge in [-0.1, -0.05) is 12.7 Å². The Bertz CT molecular complexity index is 222. The molecule has 3 nitrogen and oxygen atoms in total. The summed E-state index contributed by atoms with van der Waals surface area (Å²) in [5.74, 6) is -1.02. The number of carboxylic acid groups (broad SMARTS) is 1. The largest absolute Gasteiger partial charge is 0.478 e. The van der Waals surface area contributed by atoms with Crippen LogP contribution in [0.15, 0.2) is 36.1 Å². The molecule has 0 aromatic carbocycles. The first-order valence-corrected chi connectivity index (χ1v) is 3.06. The minimum Gasteiger partial charge on any atom is -0.478 e. The van der Waals surface area contributed by atoms with Crippen LogP contribution in [0, 0.1) is 0 Å². The standard InChI is InChI=1S/C8H11NO2/c1-6(8(10)11)4-3-5-7(2)9/h3-5H,1,9H2,2H3,(H,10,11)/b4-3-,7-5-. The number of hydrogen-bond acceptors (Lipinski definition) is 2. The first-order valence-electron chi connectivity index (χ1n) is 3.06.